The van der Waals surface area contributed by atoms with Crippen molar-refractivity contribution in [3.63, 3.8) is 0 Å². The van der Waals surface area contributed by atoms with Gasteiger partial charge in [-0.1, -0.05) is 31.4 Å². The van der Waals surface area contributed by atoms with Crippen molar-refractivity contribution in [1.29, 1.82) is 0 Å². The van der Waals surface area contributed by atoms with Gasteiger partial charge in [0.2, 0.25) is 0 Å². The van der Waals surface area contributed by atoms with Crippen molar-refractivity contribution in [3.05, 3.63) is 0 Å². The normalized spacial score (nSPS) is 19.1. The SMILES string of the molecule is CCCCCC1N=NN(C(N)=O)C1=O.S. The lowest BCUT2D eigenvalue weighted by atomic mass is 10.1. The molecule has 0 aliphatic carbocycles. The number of amides is 3. The maximum absolute atomic E-state index is 11.4. The van der Waals surface area contributed by atoms with E-state index in [1.54, 1.807) is 0 Å². The summed E-state index contributed by atoms with van der Waals surface area (Å²) in [5, 5.41) is 7.72. The minimum Gasteiger partial charge on any atom is -0.350 e. The van der Waals surface area contributed by atoms with Gasteiger partial charge in [-0.2, -0.15) is 18.6 Å². The monoisotopic (exact) mass is 232 g/mol. The molecule has 0 radical (unpaired) electrons. The average Bonchev–Trinajstić information content (AvgIpc) is 2.48. The van der Waals surface area contributed by atoms with E-state index in [-0.39, 0.29) is 13.5 Å². The van der Waals surface area contributed by atoms with Crippen LogP contribution in [-0.2, 0) is 4.79 Å². The van der Waals surface area contributed by atoms with Crippen LogP contribution >= 0.6 is 13.5 Å². The minimum absolute atomic E-state index is 0. The lowest BCUT2D eigenvalue weighted by Gasteiger charge is -2.06. The van der Waals surface area contributed by atoms with Crippen molar-refractivity contribution in [2.45, 2.75) is 38.6 Å². The zero-order chi connectivity index (χ0) is 10.6. The van der Waals surface area contributed by atoms with Crippen LogP contribution in [0.3, 0.4) is 0 Å². The highest BCUT2D eigenvalue weighted by molar-refractivity contribution is 7.59. The molecule has 0 saturated heterocycles. The highest BCUT2D eigenvalue weighted by Crippen LogP contribution is 2.16. The maximum atomic E-state index is 11.4. The van der Waals surface area contributed by atoms with Gasteiger partial charge in [0, 0.05) is 0 Å². The van der Waals surface area contributed by atoms with Crippen LogP contribution in [0.5, 0.6) is 0 Å². The number of urea groups is 1. The van der Waals surface area contributed by atoms with Crippen molar-refractivity contribution < 1.29 is 9.59 Å². The topological polar surface area (TPSA) is 88.1 Å². The number of hydrogen-bond acceptors (Lipinski definition) is 4. The first-order valence-electron chi connectivity index (χ1n) is 4.71. The van der Waals surface area contributed by atoms with Crippen LogP contribution in [-0.4, -0.2) is 23.0 Å². The quantitative estimate of drug-likeness (QED) is 0.741. The molecule has 1 heterocycles. The Morgan fingerprint density at radius 2 is 2.20 bits per heavy atom. The molecule has 0 fully saturated rings. The molecule has 15 heavy (non-hydrogen) atoms. The van der Waals surface area contributed by atoms with Crippen LogP contribution in [0.15, 0.2) is 10.3 Å². The molecule has 1 unspecified atom stereocenters. The summed E-state index contributed by atoms with van der Waals surface area (Å²) in [5.74, 6) is -0.409. The molecule has 1 aliphatic heterocycles. The van der Waals surface area contributed by atoms with E-state index in [1.165, 1.54) is 0 Å². The summed E-state index contributed by atoms with van der Waals surface area (Å²) in [6, 6.07) is -1.37. The summed E-state index contributed by atoms with van der Waals surface area (Å²) in [7, 11) is 0. The molecule has 0 saturated carbocycles. The predicted octanol–water partition coefficient (Wildman–Crippen LogP) is 1.34. The van der Waals surface area contributed by atoms with E-state index in [4.69, 9.17) is 5.73 Å². The van der Waals surface area contributed by atoms with Crippen LogP contribution in [0.2, 0.25) is 0 Å². The highest BCUT2D eigenvalue weighted by atomic mass is 32.1. The van der Waals surface area contributed by atoms with Crippen molar-refractivity contribution in [1.82, 2.24) is 5.01 Å². The number of rotatable bonds is 4. The van der Waals surface area contributed by atoms with Gasteiger partial charge >= 0.3 is 6.03 Å². The number of imide groups is 1. The minimum atomic E-state index is -0.864. The van der Waals surface area contributed by atoms with Crippen LogP contribution in [0.4, 0.5) is 4.79 Å². The van der Waals surface area contributed by atoms with Gasteiger partial charge in [0.05, 0.1) is 0 Å². The molecule has 3 amide bonds. The van der Waals surface area contributed by atoms with Gasteiger partial charge in [0.25, 0.3) is 5.91 Å². The number of nitrogens with two attached hydrogens (primary N) is 1. The zero-order valence-electron chi connectivity index (χ0n) is 8.64. The van der Waals surface area contributed by atoms with E-state index in [2.05, 4.69) is 17.3 Å². The van der Waals surface area contributed by atoms with Crippen LogP contribution < -0.4 is 5.73 Å². The van der Waals surface area contributed by atoms with Gasteiger partial charge in [-0.25, -0.2) is 4.79 Å². The number of hydrogen-bond donors (Lipinski definition) is 1. The van der Waals surface area contributed by atoms with Crippen molar-refractivity contribution in [3.8, 4) is 0 Å². The molecule has 1 aliphatic rings. The first-order valence-corrected chi connectivity index (χ1v) is 4.71. The van der Waals surface area contributed by atoms with Gasteiger partial charge < -0.3 is 5.73 Å². The summed E-state index contributed by atoms with van der Waals surface area (Å²) in [5.41, 5.74) is 4.92. The molecular weight excluding hydrogens is 216 g/mol. The number of primary amides is 1. The maximum Gasteiger partial charge on any atom is 0.344 e. The van der Waals surface area contributed by atoms with Crippen molar-refractivity contribution in [2.24, 2.45) is 16.1 Å². The Morgan fingerprint density at radius 3 is 2.67 bits per heavy atom. The van der Waals surface area contributed by atoms with Crippen LogP contribution in [0, 0.1) is 0 Å². The summed E-state index contributed by atoms with van der Waals surface area (Å²) in [6.07, 6.45) is 3.69. The molecule has 0 bridgehead atoms. The third kappa shape index (κ3) is 3.50. The molecular formula is C8H16N4O2S. The molecule has 86 valence electrons. The number of unbranched alkanes of at least 4 members (excludes halogenated alkanes) is 2. The van der Waals surface area contributed by atoms with Gasteiger partial charge in [-0.15, -0.1) is 5.01 Å². The van der Waals surface area contributed by atoms with Gasteiger partial charge in [0.15, 0.2) is 6.04 Å². The molecule has 1 atom stereocenters. The van der Waals surface area contributed by atoms with Gasteiger partial charge in [0.1, 0.15) is 0 Å². The highest BCUT2D eigenvalue weighted by Gasteiger charge is 2.32. The first-order chi connectivity index (χ1) is 6.66. The molecule has 0 aromatic rings. The summed E-state index contributed by atoms with van der Waals surface area (Å²) in [6.45, 7) is 2.08. The van der Waals surface area contributed by atoms with E-state index in [9.17, 15) is 9.59 Å². The molecule has 7 heteroatoms. The second-order valence-corrected chi connectivity index (χ2v) is 3.20. The second kappa shape index (κ2) is 6.39. The third-order valence-electron chi connectivity index (χ3n) is 2.06. The fraction of sp³-hybridized carbons (Fsp3) is 0.750. The van der Waals surface area contributed by atoms with E-state index in [0.717, 1.165) is 19.3 Å². The smallest absolute Gasteiger partial charge is 0.344 e. The molecule has 0 aromatic carbocycles. The number of carbonyl (C=O) groups is 2. The number of carbonyl (C=O) groups excluding carboxylic acids is 2. The fourth-order valence-corrected chi connectivity index (χ4v) is 1.27. The Labute approximate surface area is 95.3 Å². The van der Waals surface area contributed by atoms with Crippen LogP contribution in [0.1, 0.15) is 32.6 Å². The molecule has 6 nitrogen and oxygen atoms in total. The van der Waals surface area contributed by atoms with Crippen LogP contribution in [0.25, 0.3) is 0 Å². The largest absolute Gasteiger partial charge is 0.350 e. The molecule has 1 rings (SSSR count). The van der Waals surface area contributed by atoms with Gasteiger partial charge in [-0.05, 0) is 6.42 Å². The Kier molecular flexibility index (Phi) is 5.92. The Balaban J connectivity index is 0.00000196. The molecule has 2 N–H and O–H groups in total. The predicted molar refractivity (Wildman–Crippen MR) is 59.6 cm³/mol. The zero-order valence-corrected chi connectivity index (χ0v) is 9.64. The summed E-state index contributed by atoms with van der Waals surface area (Å²) >= 11 is 0. The Bertz CT molecular complexity index is 269. The van der Waals surface area contributed by atoms with Crippen molar-refractivity contribution in [2.75, 3.05) is 0 Å². The first kappa shape index (κ1) is 13.9. The van der Waals surface area contributed by atoms with E-state index >= 15 is 0 Å². The molecule has 0 spiro atoms. The van der Waals surface area contributed by atoms with E-state index < -0.39 is 18.0 Å². The van der Waals surface area contributed by atoms with Gasteiger partial charge in [-0.3, -0.25) is 4.79 Å². The third-order valence-corrected chi connectivity index (χ3v) is 2.06. The van der Waals surface area contributed by atoms with E-state index in [0.29, 0.717) is 11.4 Å². The second-order valence-electron chi connectivity index (χ2n) is 3.20. The lowest BCUT2D eigenvalue weighted by Crippen LogP contribution is -2.37. The standard InChI is InChI=1S/C8H14N4O2.H2S/c1-2-3-4-5-6-7(13)12(8(9)14)11-10-6;/h6H,2-5H2,1H3,(H2,9,14);1H2. The summed E-state index contributed by atoms with van der Waals surface area (Å²) in [4.78, 5) is 22.0. The Morgan fingerprint density at radius 1 is 1.53 bits per heavy atom. The fourth-order valence-electron chi connectivity index (χ4n) is 1.27. The number of nitrogens with zero attached hydrogens (tertiary/aromatic N) is 3. The molecule has 0 aromatic heterocycles. The van der Waals surface area contributed by atoms with E-state index in [1.807, 2.05) is 0 Å². The lowest BCUT2D eigenvalue weighted by molar-refractivity contribution is -0.127. The average molecular weight is 232 g/mol. The Hall–Kier alpha value is -1.11. The van der Waals surface area contributed by atoms with Crippen molar-refractivity contribution >= 4 is 25.4 Å². The summed E-state index contributed by atoms with van der Waals surface area (Å²) < 4.78 is 0.